The van der Waals surface area contributed by atoms with Crippen molar-refractivity contribution in [2.45, 2.75) is 33.1 Å². The lowest BCUT2D eigenvalue weighted by molar-refractivity contribution is -0.142. The predicted molar refractivity (Wildman–Crippen MR) is 93.4 cm³/mol. The molecule has 144 valence electrons. The molecular formula is C16H15BrF3N5O2. The van der Waals surface area contributed by atoms with Crippen LogP contribution in [-0.2, 0) is 13.1 Å². The van der Waals surface area contributed by atoms with Crippen molar-refractivity contribution in [2.24, 2.45) is 0 Å². The number of aryl methyl sites for hydroxylation is 1. The zero-order chi connectivity index (χ0) is 19.8. The van der Waals surface area contributed by atoms with Gasteiger partial charge in [0.1, 0.15) is 12.3 Å². The molecule has 0 bridgehead atoms. The minimum absolute atomic E-state index is 0.0363. The molecule has 27 heavy (non-hydrogen) atoms. The first-order chi connectivity index (χ1) is 12.6. The summed E-state index contributed by atoms with van der Waals surface area (Å²) in [6.07, 6.45) is -2.15. The van der Waals surface area contributed by atoms with E-state index < -0.39 is 18.6 Å². The number of amides is 1. The van der Waals surface area contributed by atoms with Crippen LogP contribution < -0.4 is 5.32 Å². The summed E-state index contributed by atoms with van der Waals surface area (Å²) in [7, 11) is 0. The first-order valence-electron chi connectivity index (χ1n) is 7.81. The zero-order valence-corrected chi connectivity index (χ0v) is 15.9. The maximum absolute atomic E-state index is 12.3. The van der Waals surface area contributed by atoms with E-state index in [0.717, 1.165) is 28.3 Å². The number of hydrogen-bond donors (Lipinski definition) is 1. The van der Waals surface area contributed by atoms with Crippen LogP contribution in [-0.4, -0.2) is 31.6 Å². The molecule has 0 spiro atoms. The lowest BCUT2D eigenvalue weighted by atomic mass is 10.4. The fourth-order valence-corrected chi connectivity index (χ4v) is 2.74. The van der Waals surface area contributed by atoms with E-state index in [1.165, 1.54) is 6.07 Å². The van der Waals surface area contributed by atoms with Crippen molar-refractivity contribution in [1.29, 1.82) is 0 Å². The second-order valence-electron chi connectivity index (χ2n) is 5.90. The maximum Gasteiger partial charge on any atom is 0.408 e. The highest BCUT2D eigenvalue weighted by molar-refractivity contribution is 9.10. The first-order valence-corrected chi connectivity index (χ1v) is 8.60. The average molecular weight is 446 g/mol. The molecule has 1 N–H and O–H groups in total. The standard InChI is InChI=1S/C16H15BrF3N5O2/c1-9-14(17)10(2)25(23-9)7-12-3-4-13(27-12)15(26)22-11-5-21-24(6-11)8-16(18,19)20/h3-6H,7-8H2,1-2H3,(H,22,26). The Morgan fingerprint density at radius 3 is 2.70 bits per heavy atom. The maximum atomic E-state index is 12.3. The number of hydrogen-bond acceptors (Lipinski definition) is 4. The van der Waals surface area contributed by atoms with E-state index in [1.807, 2.05) is 13.8 Å². The van der Waals surface area contributed by atoms with Crippen molar-refractivity contribution >= 4 is 27.5 Å². The highest BCUT2D eigenvalue weighted by Gasteiger charge is 2.28. The van der Waals surface area contributed by atoms with Crippen molar-refractivity contribution in [1.82, 2.24) is 19.6 Å². The molecule has 7 nitrogen and oxygen atoms in total. The fraction of sp³-hybridized carbons (Fsp3) is 0.312. The molecular weight excluding hydrogens is 431 g/mol. The Kier molecular flexibility index (Phi) is 5.13. The molecule has 3 rings (SSSR count). The van der Waals surface area contributed by atoms with E-state index in [-0.39, 0.29) is 11.4 Å². The van der Waals surface area contributed by atoms with Gasteiger partial charge in [-0.2, -0.15) is 23.4 Å². The molecule has 0 aromatic carbocycles. The second kappa shape index (κ2) is 7.22. The van der Waals surface area contributed by atoms with Crippen LogP contribution in [0.4, 0.5) is 18.9 Å². The summed E-state index contributed by atoms with van der Waals surface area (Å²) in [6, 6.07) is 3.14. The summed E-state index contributed by atoms with van der Waals surface area (Å²) in [4.78, 5) is 12.2. The Morgan fingerprint density at radius 2 is 2.07 bits per heavy atom. The fourth-order valence-electron chi connectivity index (χ4n) is 2.45. The molecule has 3 aromatic heterocycles. The van der Waals surface area contributed by atoms with Crippen molar-refractivity contribution in [3.63, 3.8) is 0 Å². The van der Waals surface area contributed by atoms with Crippen LogP contribution in [0.25, 0.3) is 0 Å². The normalized spacial score (nSPS) is 11.8. The molecule has 3 aromatic rings. The van der Waals surface area contributed by atoms with Gasteiger partial charge in [0.25, 0.3) is 5.91 Å². The molecule has 1 amide bonds. The number of alkyl halides is 3. The highest BCUT2D eigenvalue weighted by Crippen LogP contribution is 2.22. The van der Waals surface area contributed by atoms with Gasteiger partial charge in [0.15, 0.2) is 5.76 Å². The zero-order valence-electron chi connectivity index (χ0n) is 14.3. The number of carbonyl (C=O) groups excluding carboxylic acids is 1. The Hall–Kier alpha value is -2.56. The van der Waals surface area contributed by atoms with E-state index >= 15 is 0 Å². The van der Waals surface area contributed by atoms with E-state index in [0.29, 0.717) is 17.0 Å². The van der Waals surface area contributed by atoms with Gasteiger partial charge in [-0.15, -0.1) is 0 Å². The molecule has 0 aliphatic rings. The van der Waals surface area contributed by atoms with E-state index in [2.05, 4.69) is 31.4 Å². The number of carbonyl (C=O) groups is 1. The van der Waals surface area contributed by atoms with Crippen LogP contribution >= 0.6 is 15.9 Å². The van der Waals surface area contributed by atoms with Crippen LogP contribution in [0.5, 0.6) is 0 Å². The average Bonchev–Trinajstić information content (AvgIpc) is 3.25. The Morgan fingerprint density at radius 1 is 1.33 bits per heavy atom. The van der Waals surface area contributed by atoms with Gasteiger partial charge in [-0.05, 0) is 41.9 Å². The molecule has 0 radical (unpaired) electrons. The SMILES string of the molecule is Cc1nn(Cc2ccc(C(=O)Nc3cnn(CC(F)(F)F)c3)o2)c(C)c1Br. The second-order valence-corrected chi connectivity index (χ2v) is 6.70. The third-order valence-corrected chi connectivity index (χ3v) is 4.86. The summed E-state index contributed by atoms with van der Waals surface area (Å²) in [5.74, 6) is -0.0254. The smallest absolute Gasteiger partial charge is 0.408 e. The molecule has 0 aliphatic carbocycles. The number of rotatable bonds is 5. The van der Waals surface area contributed by atoms with Crippen molar-refractivity contribution < 1.29 is 22.4 Å². The molecule has 3 heterocycles. The summed E-state index contributed by atoms with van der Waals surface area (Å²) >= 11 is 3.44. The van der Waals surface area contributed by atoms with Gasteiger partial charge < -0.3 is 9.73 Å². The number of halogens is 4. The van der Waals surface area contributed by atoms with E-state index in [9.17, 15) is 18.0 Å². The largest absolute Gasteiger partial charge is 0.454 e. The Balaban J connectivity index is 1.65. The number of anilines is 1. The summed E-state index contributed by atoms with van der Waals surface area (Å²) < 4.78 is 45.9. The predicted octanol–water partition coefficient (Wildman–Crippen LogP) is 3.91. The van der Waals surface area contributed by atoms with Crippen LogP contribution in [0.3, 0.4) is 0 Å². The van der Waals surface area contributed by atoms with Gasteiger partial charge in [0, 0.05) is 6.20 Å². The third-order valence-electron chi connectivity index (χ3n) is 3.72. The minimum atomic E-state index is -4.39. The first kappa shape index (κ1) is 19.2. The van der Waals surface area contributed by atoms with Gasteiger partial charge in [-0.25, -0.2) is 0 Å². The Bertz CT molecular complexity index is 973. The number of furan rings is 1. The quantitative estimate of drug-likeness (QED) is 0.645. The minimum Gasteiger partial charge on any atom is -0.454 e. The van der Waals surface area contributed by atoms with Gasteiger partial charge in [-0.1, -0.05) is 0 Å². The van der Waals surface area contributed by atoms with Crippen molar-refractivity contribution in [3.8, 4) is 0 Å². The van der Waals surface area contributed by atoms with Gasteiger partial charge >= 0.3 is 6.18 Å². The molecule has 11 heteroatoms. The summed E-state index contributed by atoms with van der Waals surface area (Å²) in [6.45, 7) is 2.88. The van der Waals surface area contributed by atoms with Crippen LogP contribution in [0.2, 0.25) is 0 Å². The molecule has 0 atom stereocenters. The monoisotopic (exact) mass is 445 g/mol. The van der Waals surface area contributed by atoms with Gasteiger partial charge in [-0.3, -0.25) is 14.2 Å². The van der Waals surface area contributed by atoms with Crippen LogP contribution in [0, 0.1) is 13.8 Å². The van der Waals surface area contributed by atoms with E-state index in [4.69, 9.17) is 4.42 Å². The number of nitrogens with one attached hydrogen (secondary N) is 1. The lowest BCUT2D eigenvalue weighted by Gasteiger charge is -2.05. The molecule has 0 saturated carbocycles. The highest BCUT2D eigenvalue weighted by atomic mass is 79.9. The number of aromatic nitrogens is 4. The number of nitrogens with zero attached hydrogens (tertiary/aromatic N) is 4. The topological polar surface area (TPSA) is 77.9 Å². The van der Waals surface area contributed by atoms with Gasteiger partial charge in [0.05, 0.1) is 34.3 Å². The molecule has 0 saturated heterocycles. The molecule has 0 aliphatic heterocycles. The van der Waals surface area contributed by atoms with Gasteiger partial charge in [0.2, 0.25) is 0 Å². The Labute approximate surface area is 160 Å². The molecule has 0 fully saturated rings. The van der Waals surface area contributed by atoms with Crippen LogP contribution in [0.15, 0.2) is 33.4 Å². The third kappa shape index (κ3) is 4.59. The van der Waals surface area contributed by atoms with E-state index in [1.54, 1.807) is 10.7 Å². The van der Waals surface area contributed by atoms with Crippen molar-refractivity contribution in [2.75, 3.05) is 5.32 Å². The summed E-state index contributed by atoms with van der Waals surface area (Å²) in [5.41, 5.74) is 1.91. The van der Waals surface area contributed by atoms with Crippen LogP contribution in [0.1, 0.15) is 27.7 Å². The lowest BCUT2D eigenvalue weighted by Crippen LogP contribution is -2.17. The molecule has 0 unspecified atom stereocenters. The summed E-state index contributed by atoms with van der Waals surface area (Å²) in [5, 5.41) is 10.4. The van der Waals surface area contributed by atoms with Crippen molar-refractivity contribution in [3.05, 3.63) is 51.9 Å².